The largest absolute Gasteiger partial charge is 0.306 e. The van der Waals surface area contributed by atoms with Gasteiger partial charge in [0, 0.05) is 18.0 Å². The summed E-state index contributed by atoms with van der Waals surface area (Å²) >= 11 is 5.98. The summed E-state index contributed by atoms with van der Waals surface area (Å²) in [6.45, 7) is 9.65. The van der Waals surface area contributed by atoms with Gasteiger partial charge >= 0.3 is 0 Å². The van der Waals surface area contributed by atoms with E-state index >= 15 is 0 Å². The van der Waals surface area contributed by atoms with Gasteiger partial charge in [0.1, 0.15) is 0 Å². The molecule has 0 spiro atoms. The van der Waals surface area contributed by atoms with Crippen molar-refractivity contribution in [2.24, 2.45) is 0 Å². The van der Waals surface area contributed by atoms with Crippen LogP contribution in [0.15, 0.2) is 24.3 Å². The van der Waals surface area contributed by atoms with Crippen molar-refractivity contribution in [3.63, 3.8) is 0 Å². The van der Waals surface area contributed by atoms with Crippen LogP contribution >= 0.6 is 11.6 Å². The van der Waals surface area contributed by atoms with Gasteiger partial charge in [0.25, 0.3) is 0 Å². The second-order valence-corrected chi connectivity index (χ2v) is 5.56. The average Bonchev–Trinajstić information content (AvgIpc) is 2.36. The number of hydrogen-bond acceptors (Lipinski definition) is 1. The van der Waals surface area contributed by atoms with Crippen molar-refractivity contribution in [1.29, 1.82) is 0 Å². The Labute approximate surface area is 111 Å². The first kappa shape index (κ1) is 14.5. The van der Waals surface area contributed by atoms with Crippen LogP contribution in [-0.2, 0) is 6.54 Å². The van der Waals surface area contributed by atoms with Crippen LogP contribution in [-0.4, -0.2) is 11.4 Å². The zero-order valence-corrected chi connectivity index (χ0v) is 12.1. The standard InChI is InChI=1S/C15H24ClN/c1-5-15(4,11-16)17-10-13-6-8-14(9-7-13)12(2)3/h6-9,12,17H,5,10-11H2,1-4H3. The lowest BCUT2D eigenvalue weighted by Gasteiger charge is -2.27. The SMILES string of the molecule is CCC(C)(CCl)NCc1ccc(C(C)C)cc1. The molecule has 0 aliphatic heterocycles. The van der Waals surface area contributed by atoms with E-state index in [1.807, 2.05) is 0 Å². The van der Waals surface area contributed by atoms with Gasteiger partial charge in [0.2, 0.25) is 0 Å². The molecule has 1 rings (SSSR count). The smallest absolute Gasteiger partial charge is 0.0403 e. The Kier molecular flexibility index (Phi) is 5.48. The molecule has 2 heteroatoms. The summed E-state index contributed by atoms with van der Waals surface area (Å²) in [7, 11) is 0. The highest BCUT2D eigenvalue weighted by molar-refractivity contribution is 6.18. The summed E-state index contributed by atoms with van der Waals surface area (Å²) in [5, 5.41) is 3.53. The Morgan fingerprint density at radius 1 is 1.24 bits per heavy atom. The minimum atomic E-state index is 0.0400. The molecule has 1 nitrogen and oxygen atoms in total. The van der Waals surface area contributed by atoms with Gasteiger partial charge in [-0.25, -0.2) is 0 Å². The zero-order valence-electron chi connectivity index (χ0n) is 11.4. The van der Waals surface area contributed by atoms with Crippen molar-refractivity contribution in [1.82, 2.24) is 5.32 Å². The van der Waals surface area contributed by atoms with E-state index in [1.54, 1.807) is 0 Å². The van der Waals surface area contributed by atoms with Gasteiger partial charge in [-0.05, 0) is 30.4 Å². The molecule has 0 saturated carbocycles. The first-order chi connectivity index (χ1) is 8.00. The topological polar surface area (TPSA) is 12.0 Å². The van der Waals surface area contributed by atoms with Gasteiger partial charge in [-0.15, -0.1) is 11.6 Å². The monoisotopic (exact) mass is 253 g/mol. The summed E-state index contributed by atoms with van der Waals surface area (Å²) in [5.74, 6) is 1.24. The van der Waals surface area contributed by atoms with Crippen LogP contribution in [0.25, 0.3) is 0 Å². The predicted molar refractivity (Wildman–Crippen MR) is 76.8 cm³/mol. The maximum Gasteiger partial charge on any atom is 0.0403 e. The van der Waals surface area contributed by atoms with Crippen molar-refractivity contribution in [2.75, 3.05) is 5.88 Å². The van der Waals surface area contributed by atoms with Crippen molar-refractivity contribution in [3.05, 3.63) is 35.4 Å². The Balaban J connectivity index is 2.58. The first-order valence-electron chi connectivity index (χ1n) is 6.40. The van der Waals surface area contributed by atoms with Crippen molar-refractivity contribution in [2.45, 2.75) is 52.1 Å². The Bertz CT molecular complexity index is 325. The molecule has 0 aliphatic carbocycles. The molecule has 17 heavy (non-hydrogen) atoms. The van der Waals surface area contributed by atoms with E-state index < -0.39 is 0 Å². The molecule has 1 unspecified atom stereocenters. The highest BCUT2D eigenvalue weighted by atomic mass is 35.5. The fourth-order valence-electron chi connectivity index (χ4n) is 1.60. The predicted octanol–water partition coefficient (Wildman–Crippen LogP) is 4.31. The Morgan fingerprint density at radius 3 is 2.24 bits per heavy atom. The third-order valence-corrected chi connectivity index (χ3v) is 4.03. The van der Waals surface area contributed by atoms with Gasteiger partial charge in [-0.2, -0.15) is 0 Å². The fourth-order valence-corrected chi connectivity index (χ4v) is 1.89. The Morgan fingerprint density at radius 2 is 1.82 bits per heavy atom. The molecule has 0 fully saturated rings. The number of benzene rings is 1. The molecule has 1 aromatic rings. The number of nitrogens with one attached hydrogen (secondary N) is 1. The molecule has 0 aliphatic rings. The third-order valence-electron chi connectivity index (χ3n) is 3.44. The zero-order chi connectivity index (χ0) is 12.9. The van der Waals surface area contributed by atoms with Crippen LogP contribution in [0.1, 0.15) is 51.2 Å². The minimum absolute atomic E-state index is 0.0400. The van der Waals surface area contributed by atoms with Crippen LogP contribution in [0.5, 0.6) is 0 Å². The minimum Gasteiger partial charge on any atom is -0.306 e. The van der Waals surface area contributed by atoms with E-state index in [4.69, 9.17) is 11.6 Å². The summed E-state index contributed by atoms with van der Waals surface area (Å²) in [4.78, 5) is 0. The number of rotatable bonds is 6. The number of alkyl halides is 1. The summed E-state index contributed by atoms with van der Waals surface area (Å²) < 4.78 is 0. The molecule has 0 saturated heterocycles. The molecule has 0 heterocycles. The normalized spacial score (nSPS) is 14.9. The van der Waals surface area contributed by atoms with Crippen molar-refractivity contribution in [3.8, 4) is 0 Å². The summed E-state index contributed by atoms with van der Waals surface area (Å²) in [6, 6.07) is 8.83. The van der Waals surface area contributed by atoms with E-state index in [1.165, 1.54) is 11.1 Å². The van der Waals surface area contributed by atoms with Gasteiger partial charge in [0.15, 0.2) is 0 Å². The maximum absolute atomic E-state index is 5.98. The molecular weight excluding hydrogens is 230 g/mol. The number of halogens is 1. The highest BCUT2D eigenvalue weighted by Crippen LogP contribution is 2.16. The molecule has 1 N–H and O–H groups in total. The highest BCUT2D eigenvalue weighted by Gasteiger charge is 2.19. The van der Waals surface area contributed by atoms with Crippen LogP contribution in [0.3, 0.4) is 0 Å². The van der Waals surface area contributed by atoms with E-state index in [0.29, 0.717) is 11.8 Å². The van der Waals surface area contributed by atoms with E-state index in [0.717, 1.165) is 13.0 Å². The van der Waals surface area contributed by atoms with Gasteiger partial charge in [0.05, 0.1) is 0 Å². The molecule has 1 aromatic carbocycles. The molecule has 0 bridgehead atoms. The van der Waals surface area contributed by atoms with Gasteiger partial charge in [-0.3, -0.25) is 0 Å². The Hall–Kier alpha value is -0.530. The maximum atomic E-state index is 5.98. The molecular formula is C15H24ClN. The first-order valence-corrected chi connectivity index (χ1v) is 6.94. The van der Waals surface area contributed by atoms with Gasteiger partial charge in [-0.1, -0.05) is 45.0 Å². The van der Waals surface area contributed by atoms with Gasteiger partial charge < -0.3 is 5.32 Å². The van der Waals surface area contributed by atoms with Crippen LogP contribution in [0.4, 0.5) is 0 Å². The second kappa shape index (κ2) is 6.42. The quantitative estimate of drug-likeness (QED) is 0.745. The second-order valence-electron chi connectivity index (χ2n) is 5.30. The molecule has 0 amide bonds. The van der Waals surface area contributed by atoms with Crippen molar-refractivity contribution >= 4 is 11.6 Å². The molecule has 96 valence electrons. The average molecular weight is 254 g/mol. The summed E-state index contributed by atoms with van der Waals surface area (Å²) in [6.07, 6.45) is 1.04. The lowest BCUT2D eigenvalue weighted by atomic mass is 9.99. The number of hydrogen-bond donors (Lipinski definition) is 1. The van der Waals surface area contributed by atoms with Crippen LogP contribution in [0, 0.1) is 0 Å². The molecule has 0 radical (unpaired) electrons. The summed E-state index contributed by atoms with van der Waals surface area (Å²) in [5.41, 5.74) is 2.75. The van der Waals surface area contributed by atoms with E-state index in [-0.39, 0.29) is 5.54 Å². The fraction of sp³-hybridized carbons (Fsp3) is 0.600. The molecule has 0 aromatic heterocycles. The molecule has 1 atom stereocenters. The van der Waals surface area contributed by atoms with Crippen LogP contribution < -0.4 is 5.32 Å². The van der Waals surface area contributed by atoms with Crippen molar-refractivity contribution < 1.29 is 0 Å². The third kappa shape index (κ3) is 4.33. The lowest BCUT2D eigenvalue weighted by molar-refractivity contribution is 0.379. The van der Waals surface area contributed by atoms with Crippen LogP contribution in [0.2, 0.25) is 0 Å². The van der Waals surface area contributed by atoms with E-state index in [2.05, 4.69) is 57.3 Å². The lowest BCUT2D eigenvalue weighted by Crippen LogP contribution is -2.42. The van der Waals surface area contributed by atoms with E-state index in [9.17, 15) is 0 Å².